The fourth-order valence-electron chi connectivity index (χ4n) is 4.18. The fraction of sp³-hybridized carbons (Fsp3) is 0.526. The van der Waals surface area contributed by atoms with Gasteiger partial charge in [-0.2, -0.15) is 0 Å². The number of nitrogen functional groups attached to an aromatic ring is 1. The van der Waals surface area contributed by atoms with E-state index in [1.54, 1.807) is 11.8 Å². The van der Waals surface area contributed by atoms with Gasteiger partial charge in [0.2, 0.25) is 0 Å². The maximum atomic E-state index is 13.2. The third kappa shape index (κ3) is 3.93. The van der Waals surface area contributed by atoms with E-state index in [0.717, 1.165) is 19.3 Å². The molecule has 1 spiro atoms. The molecule has 10 heteroatoms. The van der Waals surface area contributed by atoms with E-state index in [-0.39, 0.29) is 40.5 Å². The van der Waals surface area contributed by atoms with Crippen LogP contribution in [0, 0.1) is 12.3 Å². The number of carbonyl (C=O) groups is 2. The average Bonchev–Trinajstić information content (AvgIpc) is 3.30. The summed E-state index contributed by atoms with van der Waals surface area (Å²) in [6, 6.07) is -0.167. The number of rotatable bonds is 4. The van der Waals surface area contributed by atoms with Crippen LogP contribution in [0.1, 0.15) is 45.8 Å². The van der Waals surface area contributed by atoms with Gasteiger partial charge in [-0.15, -0.1) is 0 Å². The van der Waals surface area contributed by atoms with E-state index in [2.05, 4.69) is 20.4 Å². The van der Waals surface area contributed by atoms with Crippen LogP contribution in [0.3, 0.4) is 0 Å². The molecule has 2 fully saturated rings. The molecule has 0 saturated carbocycles. The molecule has 0 aromatic carbocycles. The molecule has 154 valence electrons. The Bertz CT molecular complexity index is 908. The Balaban J connectivity index is 1.52. The zero-order valence-electron chi connectivity index (χ0n) is 16.3. The second kappa shape index (κ2) is 7.78. The van der Waals surface area contributed by atoms with E-state index in [4.69, 9.17) is 15.0 Å². The van der Waals surface area contributed by atoms with Crippen molar-refractivity contribution in [2.24, 2.45) is 5.41 Å². The maximum Gasteiger partial charge on any atom is 0.274 e. The topological polar surface area (TPSA) is 136 Å². The Morgan fingerprint density at radius 3 is 2.83 bits per heavy atom. The van der Waals surface area contributed by atoms with Gasteiger partial charge in [-0.25, -0.2) is 4.98 Å². The zero-order chi connectivity index (χ0) is 20.4. The van der Waals surface area contributed by atoms with Gasteiger partial charge in [-0.3, -0.25) is 14.6 Å². The quantitative estimate of drug-likeness (QED) is 0.769. The van der Waals surface area contributed by atoms with Gasteiger partial charge < -0.3 is 25.2 Å². The van der Waals surface area contributed by atoms with Crippen LogP contribution >= 0.6 is 0 Å². The number of hydrogen-bond acceptors (Lipinski definition) is 8. The van der Waals surface area contributed by atoms with Crippen LogP contribution in [0.2, 0.25) is 0 Å². The molecule has 2 saturated heterocycles. The van der Waals surface area contributed by atoms with Crippen molar-refractivity contribution in [2.75, 3.05) is 32.0 Å². The first-order valence-corrected chi connectivity index (χ1v) is 9.63. The maximum absolute atomic E-state index is 13.2. The minimum Gasteiger partial charge on any atom is -0.382 e. The van der Waals surface area contributed by atoms with Gasteiger partial charge in [0.05, 0.1) is 18.4 Å². The van der Waals surface area contributed by atoms with E-state index < -0.39 is 0 Å². The van der Waals surface area contributed by atoms with Crippen LogP contribution in [0.4, 0.5) is 5.82 Å². The number of carbonyl (C=O) groups excluding carboxylic acids is 2. The molecule has 2 aliphatic heterocycles. The molecule has 0 radical (unpaired) electrons. The van der Waals surface area contributed by atoms with Crippen molar-refractivity contribution < 1.29 is 18.8 Å². The number of anilines is 1. The Morgan fingerprint density at radius 2 is 2.14 bits per heavy atom. The molecule has 2 aromatic rings. The van der Waals surface area contributed by atoms with Gasteiger partial charge in [-0.05, 0) is 31.6 Å². The van der Waals surface area contributed by atoms with Gasteiger partial charge in [-0.1, -0.05) is 5.16 Å². The van der Waals surface area contributed by atoms with Gasteiger partial charge in [0.15, 0.2) is 5.69 Å². The Morgan fingerprint density at radius 1 is 1.34 bits per heavy atom. The van der Waals surface area contributed by atoms with Crippen molar-refractivity contribution in [1.82, 2.24) is 25.3 Å². The van der Waals surface area contributed by atoms with E-state index in [0.29, 0.717) is 31.9 Å². The summed E-state index contributed by atoms with van der Waals surface area (Å²) in [7, 11) is 0. The molecule has 0 aliphatic carbocycles. The predicted octanol–water partition coefficient (Wildman–Crippen LogP) is 0.797. The van der Waals surface area contributed by atoms with Gasteiger partial charge in [0, 0.05) is 31.9 Å². The summed E-state index contributed by atoms with van der Waals surface area (Å²) in [5.74, 6) is -0.354. The first-order chi connectivity index (χ1) is 14.0. The lowest BCUT2D eigenvalue weighted by Crippen LogP contribution is -2.43. The average molecular weight is 400 g/mol. The molecule has 29 heavy (non-hydrogen) atoms. The monoisotopic (exact) mass is 400 g/mol. The minimum atomic E-state index is -0.319. The molecular formula is C19H24N6O4. The zero-order valence-corrected chi connectivity index (χ0v) is 16.3. The number of aromatic nitrogens is 3. The van der Waals surface area contributed by atoms with Crippen LogP contribution in [0.5, 0.6) is 0 Å². The fourth-order valence-corrected chi connectivity index (χ4v) is 4.18. The van der Waals surface area contributed by atoms with Crippen molar-refractivity contribution >= 4 is 17.6 Å². The van der Waals surface area contributed by atoms with Gasteiger partial charge >= 0.3 is 0 Å². The molecule has 1 unspecified atom stereocenters. The summed E-state index contributed by atoms with van der Waals surface area (Å²) in [5.41, 5.74) is 6.81. The van der Waals surface area contributed by atoms with Crippen molar-refractivity contribution in [1.29, 1.82) is 0 Å². The van der Waals surface area contributed by atoms with E-state index in [1.807, 2.05) is 0 Å². The van der Waals surface area contributed by atoms with E-state index in [9.17, 15) is 9.59 Å². The molecule has 2 aromatic heterocycles. The highest BCUT2D eigenvalue weighted by Gasteiger charge is 2.47. The van der Waals surface area contributed by atoms with Crippen LogP contribution in [0.25, 0.3) is 0 Å². The smallest absolute Gasteiger partial charge is 0.274 e. The van der Waals surface area contributed by atoms with Crippen LogP contribution < -0.4 is 11.1 Å². The summed E-state index contributed by atoms with van der Waals surface area (Å²) in [4.78, 5) is 35.5. The van der Waals surface area contributed by atoms with Gasteiger partial charge in [0.25, 0.3) is 11.8 Å². The molecular weight excluding hydrogens is 376 g/mol. The number of ether oxygens (including phenoxy) is 1. The highest BCUT2D eigenvalue weighted by molar-refractivity contribution is 5.94. The number of nitrogens with one attached hydrogen (secondary N) is 1. The lowest BCUT2D eigenvalue weighted by molar-refractivity contribution is 0.0189. The molecule has 0 bridgehead atoms. The second-order valence-corrected chi connectivity index (χ2v) is 7.79. The Kier molecular flexibility index (Phi) is 5.18. The molecule has 4 rings (SSSR count). The predicted molar refractivity (Wildman–Crippen MR) is 102 cm³/mol. The number of amides is 2. The molecule has 2 aliphatic rings. The summed E-state index contributed by atoms with van der Waals surface area (Å²) < 4.78 is 10.4. The molecule has 10 nitrogen and oxygen atoms in total. The Labute approximate surface area is 167 Å². The van der Waals surface area contributed by atoms with Crippen LogP contribution in [-0.4, -0.2) is 64.2 Å². The van der Waals surface area contributed by atoms with Crippen molar-refractivity contribution in [3.8, 4) is 0 Å². The number of likely N-dealkylation sites (tertiary alicyclic amines) is 1. The summed E-state index contributed by atoms with van der Waals surface area (Å²) in [6.45, 7) is 4.02. The lowest BCUT2D eigenvalue weighted by atomic mass is 9.78. The number of aryl methyl sites for hydroxylation is 1. The van der Waals surface area contributed by atoms with Crippen LogP contribution in [-0.2, 0) is 4.74 Å². The summed E-state index contributed by atoms with van der Waals surface area (Å²) in [6.07, 6.45) is 6.80. The molecule has 3 N–H and O–H groups in total. The Hall–Kier alpha value is -3.01. The molecule has 1 atom stereocenters. The third-order valence-electron chi connectivity index (χ3n) is 5.76. The lowest BCUT2D eigenvalue weighted by Gasteiger charge is -2.32. The van der Waals surface area contributed by atoms with Crippen LogP contribution in [0.15, 0.2) is 23.2 Å². The van der Waals surface area contributed by atoms with Gasteiger partial charge in [0.1, 0.15) is 17.8 Å². The number of nitrogens with zero attached hydrogens (tertiary/aromatic N) is 4. The van der Waals surface area contributed by atoms with Crippen molar-refractivity contribution in [2.45, 2.75) is 32.2 Å². The minimum absolute atomic E-state index is 0.0130. The first-order valence-electron chi connectivity index (χ1n) is 9.63. The molecule has 4 heterocycles. The van der Waals surface area contributed by atoms with Crippen molar-refractivity contribution in [3.63, 3.8) is 0 Å². The highest BCUT2D eigenvalue weighted by atomic mass is 16.5. The number of nitrogens with two attached hydrogens (primary N) is 1. The van der Waals surface area contributed by atoms with E-state index in [1.165, 1.54) is 18.7 Å². The SMILES string of the molecule is Cc1conc1C(=O)NCC1CC2(CCOCC2)CN1C(=O)c1cncc(N)n1. The highest BCUT2D eigenvalue weighted by Crippen LogP contribution is 2.43. The first kappa shape index (κ1) is 19.3. The van der Waals surface area contributed by atoms with Crippen molar-refractivity contribution in [3.05, 3.63) is 35.6 Å². The standard InChI is InChI=1S/C19H24N6O4/c1-12-10-29-24-16(12)17(26)22-7-13-6-19(2-4-28-5-3-19)11-25(13)18(27)14-8-21-9-15(20)23-14/h8-10,13H,2-7,11H2,1H3,(H2,20,23)(H,22,26). The normalized spacial score (nSPS) is 20.7. The number of hydrogen-bond donors (Lipinski definition) is 2. The largest absolute Gasteiger partial charge is 0.382 e. The van der Waals surface area contributed by atoms with E-state index >= 15 is 0 Å². The third-order valence-corrected chi connectivity index (χ3v) is 5.76. The summed E-state index contributed by atoms with van der Waals surface area (Å²) in [5, 5.41) is 6.63. The second-order valence-electron chi connectivity index (χ2n) is 7.79. The summed E-state index contributed by atoms with van der Waals surface area (Å²) >= 11 is 0. The molecule has 2 amide bonds.